The highest BCUT2D eigenvalue weighted by Gasteiger charge is 2.34. The van der Waals surface area contributed by atoms with E-state index in [0.29, 0.717) is 30.3 Å². The lowest BCUT2D eigenvalue weighted by Gasteiger charge is -2.33. The topological polar surface area (TPSA) is 77.0 Å². The minimum Gasteiger partial charge on any atom is -0.357 e. The molecule has 31 heavy (non-hydrogen) atoms. The van der Waals surface area contributed by atoms with E-state index in [-0.39, 0.29) is 11.8 Å². The average molecular weight is 426 g/mol. The molecule has 1 saturated heterocycles. The van der Waals surface area contributed by atoms with Gasteiger partial charge in [-0.05, 0) is 51.7 Å². The number of benzene rings is 1. The van der Waals surface area contributed by atoms with Gasteiger partial charge in [0.05, 0.1) is 11.1 Å². The van der Waals surface area contributed by atoms with E-state index in [1.165, 1.54) is 10.5 Å². The van der Waals surface area contributed by atoms with Crippen LogP contribution in [-0.4, -0.2) is 72.9 Å². The van der Waals surface area contributed by atoms with Crippen molar-refractivity contribution in [1.82, 2.24) is 20.4 Å². The number of fused-ring (bicyclic) bond motifs is 1. The number of nitrogens with one attached hydrogen (secondary N) is 2. The number of amides is 2. The fourth-order valence-electron chi connectivity index (χ4n) is 4.15. The number of carbonyl (C=O) groups is 2. The van der Waals surface area contributed by atoms with Crippen LogP contribution in [0.3, 0.4) is 0 Å². The maximum Gasteiger partial charge on any atom is 0.261 e. The highest BCUT2D eigenvalue weighted by Crippen LogP contribution is 2.22. The lowest BCUT2D eigenvalue weighted by atomic mass is 10.0. The Labute approximate surface area is 185 Å². The summed E-state index contributed by atoms with van der Waals surface area (Å²) >= 11 is 0. The van der Waals surface area contributed by atoms with Crippen molar-refractivity contribution in [3.8, 4) is 0 Å². The Morgan fingerprint density at radius 2 is 1.77 bits per heavy atom. The lowest BCUT2D eigenvalue weighted by molar-refractivity contribution is 0.0652. The largest absolute Gasteiger partial charge is 0.357 e. The van der Waals surface area contributed by atoms with Crippen LogP contribution >= 0.6 is 0 Å². The summed E-state index contributed by atoms with van der Waals surface area (Å²) in [5.41, 5.74) is 2.24. The molecule has 1 fully saturated rings. The first-order valence-electron chi connectivity index (χ1n) is 11.4. The maximum absolute atomic E-state index is 12.4. The quantitative estimate of drug-likeness (QED) is 0.209. The first-order chi connectivity index (χ1) is 15.0. The molecule has 0 unspecified atom stereocenters. The molecule has 7 heteroatoms. The SMILES string of the molecule is C=C(C)CN1CCC(NC(=NCCCCN2C(=O)c3ccccc3C2=O)NCC)CC1. The Morgan fingerprint density at radius 3 is 2.35 bits per heavy atom. The molecule has 2 aliphatic rings. The smallest absolute Gasteiger partial charge is 0.261 e. The first kappa shape index (κ1) is 23.0. The highest BCUT2D eigenvalue weighted by molar-refractivity contribution is 6.21. The molecule has 3 rings (SSSR count). The molecule has 0 bridgehead atoms. The second-order valence-electron chi connectivity index (χ2n) is 8.43. The number of imide groups is 1. The van der Waals surface area contributed by atoms with E-state index in [4.69, 9.17) is 4.99 Å². The third-order valence-corrected chi connectivity index (χ3v) is 5.70. The molecule has 2 amide bonds. The van der Waals surface area contributed by atoms with E-state index in [1.807, 2.05) is 0 Å². The maximum atomic E-state index is 12.4. The summed E-state index contributed by atoms with van der Waals surface area (Å²) in [5.74, 6) is 0.482. The zero-order valence-corrected chi connectivity index (χ0v) is 18.8. The van der Waals surface area contributed by atoms with Crippen LogP contribution in [0.25, 0.3) is 0 Å². The highest BCUT2D eigenvalue weighted by atomic mass is 16.2. The molecule has 2 heterocycles. The van der Waals surface area contributed by atoms with Crippen molar-refractivity contribution in [2.45, 2.75) is 45.6 Å². The summed E-state index contributed by atoms with van der Waals surface area (Å²) < 4.78 is 0. The Bertz CT molecular complexity index is 792. The van der Waals surface area contributed by atoms with Crippen molar-refractivity contribution in [3.63, 3.8) is 0 Å². The summed E-state index contributed by atoms with van der Waals surface area (Å²) in [4.78, 5) is 33.3. The second kappa shape index (κ2) is 11.1. The number of hydrogen-bond donors (Lipinski definition) is 2. The molecule has 2 N–H and O–H groups in total. The zero-order chi connectivity index (χ0) is 22.2. The summed E-state index contributed by atoms with van der Waals surface area (Å²) in [6.45, 7) is 13.2. The van der Waals surface area contributed by atoms with Crippen LogP contribution in [0.2, 0.25) is 0 Å². The second-order valence-corrected chi connectivity index (χ2v) is 8.43. The van der Waals surface area contributed by atoms with Crippen LogP contribution < -0.4 is 10.6 Å². The number of hydrogen-bond acceptors (Lipinski definition) is 4. The molecular formula is C24H35N5O2. The van der Waals surface area contributed by atoms with Gasteiger partial charge in [0.1, 0.15) is 0 Å². The number of unbranched alkanes of at least 4 members (excludes halogenated alkanes) is 1. The van der Waals surface area contributed by atoms with Gasteiger partial charge in [-0.1, -0.05) is 24.3 Å². The van der Waals surface area contributed by atoms with Crippen molar-refractivity contribution in [3.05, 3.63) is 47.5 Å². The van der Waals surface area contributed by atoms with Gasteiger partial charge in [-0.2, -0.15) is 0 Å². The van der Waals surface area contributed by atoms with Gasteiger partial charge in [0.2, 0.25) is 0 Å². The van der Waals surface area contributed by atoms with Crippen LogP contribution in [0.1, 0.15) is 60.2 Å². The molecule has 0 saturated carbocycles. The van der Waals surface area contributed by atoms with Gasteiger partial charge in [0.15, 0.2) is 5.96 Å². The van der Waals surface area contributed by atoms with E-state index < -0.39 is 0 Å². The molecule has 0 atom stereocenters. The molecule has 7 nitrogen and oxygen atoms in total. The molecular weight excluding hydrogens is 390 g/mol. The molecule has 0 radical (unpaired) electrons. The van der Waals surface area contributed by atoms with Crippen molar-refractivity contribution in [2.75, 3.05) is 39.3 Å². The molecule has 0 spiro atoms. The van der Waals surface area contributed by atoms with Gasteiger partial charge in [-0.25, -0.2) is 0 Å². The Morgan fingerprint density at radius 1 is 1.13 bits per heavy atom. The van der Waals surface area contributed by atoms with Gasteiger partial charge in [-0.15, -0.1) is 0 Å². The van der Waals surface area contributed by atoms with Crippen LogP contribution in [0.4, 0.5) is 0 Å². The van der Waals surface area contributed by atoms with E-state index in [0.717, 1.165) is 57.8 Å². The van der Waals surface area contributed by atoms with E-state index in [1.54, 1.807) is 24.3 Å². The molecule has 168 valence electrons. The van der Waals surface area contributed by atoms with Crippen molar-refractivity contribution < 1.29 is 9.59 Å². The van der Waals surface area contributed by atoms with E-state index in [2.05, 4.69) is 36.0 Å². The summed E-state index contributed by atoms with van der Waals surface area (Å²) in [5, 5.41) is 6.88. The molecule has 1 aromatic rings. The first-order valence-corrected chi connectivity index (χ1v) is 11.4. The van der Waals surface area contributed by atoms with Crippen molar-refractivity contribution in [2.24, 2.45) is 4.99 Å². The molecule has 0 aliphatic carbocycles. The summed E-state index contributed by atoms with van der Waals surface area (Å²) in [6.07, 6.45) is 3.75. The van der Waals surface area contributed by atoms with Crippen molar-refractivity contribution >= 4 is 17.8 Å². The normalized spacial score (nSPS) is 17.7. The van der Waals surface area contributed by atoms with Gasteiger partial charge in [0.25, 0.3) is 11.8 Å². The molecule has 2 aliphatic heterocycles. The molecule has 0 aromatic heterocycles. The standard InChI is InChI=1S/C24H35N5O2/c1-4-25-24(27-19-11-15-28(16-12-19)17-18(2)3)26-13-7-8-14-29-22(30)20-9-5-6-10-21(20)23(29)31/h5-6,9-10,19H,2,4,7-8,11-17H2,1,3H3,(H2,25,26,27). The fraction of sp³-hybridized carbons (Fsp3) is 0.542. The fourth-order valence-corrected chi connectivity index (χ4v) is 4.15. The number of nitrogens with zero attached hydrogens (tertiary/aromatic N) is 3. The minimum absolute atomic E-state index is 0.183. The van der Waals surface area contributed by atoms with Crippen molar-refractivity contribution in [1.29, 1.82) is 0 Å². The van der Waals surface area contributed by atoms with E-state index >= 15 is 0 Å². The van der Waals surface area contributed by atoms with Gasteiger partial charge < -0.3 is 10.6 Å². The van der Waals surface area contributed by atoms with Gasteiger partial charge in [0, 0.05) is 45.3 Å². The third kappa shape index (κ3) is 6.17. The minimum atomic E-state index is -0.183. The number of likely N-dealkylation sites (tertiary alicyclic amines) is 1. The Hall–Kier alpha value is -2.67. The Balaban J connectivity index is 1.41. The lowest BCUT2D eigenvalue weighted by Crippen LogP contribution is -2.48. The van der Waals surface area contributed by atoms with Crippen LogP contribution in [0.15, 0.2) is 41.4 Å². The average Bonchev–Trinajstić information content (AvgIpc) is 2.99. The molecule has 1 aromatic carbocycles. The predicted molar refractivity (Wildman–Crippen MR) is 124 cm³/mol. The number of carbonyl (C=O) groups excluding carboxylic acids is 2. The summed E-state index contributed by atoms with van der Waals surface area (Å²) in [7, 11) is 0. The monoisotopic (exact) mass is 425 g/mol. The van der Waals surface area contributed by atoms with Gasteiger partial charge >= 0.3 is 0 Å². The number of piperidine rings is 1. The Kier molecular flexibility index (Phi) is 8.23. The van der Waals surface area contributed by atoms with Gasteiger partial charge in [-0.3, -0.25) is 24.4 Å². The predicted octanol–water partition coefficient (Wildman–Crippen LogP) is 2.66. The van der Waals surface area contributed by atoms with Crippen LogP contribution in [-0.2, 0) is 0 Å². The number of aliphatic imine (C=N–C) groups is 1. The van der Waals surface area contributed by atoms with Crippen LogP contribution in [0.5, 0.6) is 0 Å². The number of rotatable bonds is 9. The zero-order valence-electron chi connectivity index (χ0n) is 18.8. The third-order valence-electron chi connectivity index (χ3n) is 5.70. The van der Waals surface area contributed by atoms with E-state index in [9.17, 15) is 9.59 Å². The number of guanidine groups is 1. The summed E-state index contributed by atoms with van der Waals surface area (Å²) in [6, 6.07) is 7.45. The van der Waals surface area contributed by atoms with Crippen LogP contribution in [0, 0.1) is 0 Å².